The minimum atomic E-state index is -0.476. The number of imidazole rings is 4. The Kier molecular flexibility index (Phi) is 21.6. The van der Waals surface area contributed by atoms with E-state index in [9.17, 15) is 0 Å². The third kappa shape index (κ3) is 14.6. The second-order valence-electron chi connectivity index (χ2n) is 38.3. The van der Waals surface area contributed by atoms with Gasteiger partial charge in [0.15, 0.2) is 0 Å². The molecule has 30 rings (SSSR count). The van der Waals surface area contributed by atoms with Gasteiger partial charge in [0.2, 0.25) is 23.8 Å². The van der Waals surface area contributed by atoms with E-state index in [2.05, 4.69) is 411 Å². The molecule has 0 aliphatic carbocycles. The van der Waals surface area contributed by atoms with Crippen LogP contribution in [0.5, 0.6) is 0 Å². The molecule has 2 aliphatic rings. The monoisotopic (exact) mass is 2260 g/mol. The minimum Gasteiger partial charge on any atom is -0.405 e. The summed E-state index contributed by atoms with van der Waals surface area (Å²) >= 11 is 21.9. The van der Waals surface area contributed by atoms with Gasteiger partial charge in [0, 0.05) is 91.5 Å². The molecule has 28 aromatic rings. The van der Waals surface area contributed by atoms with E-state index in [-0.39, 0.29) is 22.4 Å². The highest BCUT2D eigenvalue weighted by Gasteiger charge is 2.64. The van der Waals surface area contributed by atoms with Gasteiger partial charge in [-0.05, 0) is 256 Å². The van der Waals surface area contributed by atoms with Crippen LogP contribution in [0.1, 0.15) is 55.4 Å². The molecule has 0 bridgehead atoms. The predicted octanol–water partition coefficient (Wildman–Crippen LogP) is 31.4. The van der Waals surface area contributed by atoms with Gasteiger partial charge in [-0.3, -0.25) is 35.9 Å². The Balaban J connectivity index is 0.0000000929. The molecule has 0 saturated carbocycles. The van der Waals surface area contributed by atoms with E-state index < -0.39 is 14.0 Å². The Labute approximate surface area is 873 Å². The van der Waals surface area contributed by atoms with Crippen LogP contribution in [0.25, 0.3) is 221 Å². The van der Waals surface area contributed by atoms with Crippen molar-refractivity contribution in [2.24, 2.45) is 0 Å². The molecular formula is C116H82B2Br6N16O4. The molecule has 144 heavy (non-hydrogen) atoms. The third-order valence-electron chi connectivity index (χ3n) is 28.7. The van der Waals surface area contributed by atoms with Gasteiger partial charge in [0.25, 0.3) is 0 Å². The highest BCUT2D eigenvalue weighted by molar-refractivity contribution is 9.11. The number of hydrogen-bond acceptors (Lipinski definition) is 12. The van der Waals surface area contributed by atoms with Crippen LogP contribution in [0.2, 0.25) is 0 Å². The van der Waals surface area contributed by atoms with Crippen molar-refractivity contribution in [3.63, 3.8) is 0 Å². The molecular weight excluding hydrogens is 2180 g/mol. The van der Waals surface area contributed by atoms with Crippen molar-refractivity contribution in [3.05, 3.63) is 379 Å². The van der Waals surface area contributed by atoms with Gasteiger partial charge in [-0.1, -0.05) is 247 Å². The van der Waals surface area contributed by atoms with E-state index in [0.717, 1.165) is 205 Å². The Morgan fingerprint density at radius 3 is 0.646 bits per heavy atom. The van der Waals surface area contributed by atoms with Crippen LogP contribution in [0.4, 0.5) is 0 Å². The van der Waals surface area contributed by atoms with E-state index >= 15 is 0 Å². The number of halogens is 6. The van der Waals surface area contributed by atoms with Crippen molar-refractivity contribution in [2.75, 3.05) is 0 Å². The highest BCUT2D eigenvalue weighted by Crippen LogP contribution is 2.47. The molecule has 698 valence electrons. The number of hydrogen-bond donors (Lipinski definition) is 0. The quantitative estimate of drug-likeness (QED) is 0.149. The maximum Gasteiger partial charge on any atom is 0.488 e. The van der Waals surface area contributed by atoms with Crippen LogP contribution in [0.3, 0.4) is 0 Å². The van der Waals surface area contributed by atoms with Crippen LogP contribution in [0, 0.1) is 0 Å². The average Bonchev–Trinajstić information content (AvgIpc) is 1.56. The minimum absolute atomic E-state index is 0.360. The first-order valence-electron chi connectivity index (χ1n) is 47.4. The van der Waals surface area contributed by atoms with Crippen LogP contribution < -0.4 is 0 Å². The zero-order chi connectivity index (χ0) is 97.8. The maximum absolute atomic E-state index is 5.96. The Hall–Kier alpha value is -13.9. The normalized spacial score (nSPS) is 14.5. The molecule has 2 fully saturated rings. The molecule has 12 aromatic heterocycles. The van der Waals surface area contributed by atoms with Crippen LogP contribution in [-0.2, 0) is 18.6 Å². The Morgan fingerprint density at radius 2 is 0.368 bits per heavy atom. The van der Waals surface area contributed by atoms with E-state index in [1.165, 1.54) is 43.1 Å². The largest absolute Gasteiger partial charge is 0.488 e. The summed E-state index contributed by atoms with van der Waals surface area (Å²) in [5.41, 5.74) is 22.8. The number of para-hydroxylation sites is 14. The molecule has 14 heterocycles. The molecule has 0 spiro atoms. The van der Waals surface area contributed by atoms with Crippen molar-refractivity contribution < 1.29 is 18.6 Å². The zero-order valence-electron chi connectivity index (χ0n) is 78.7. The van der Waals surface area contributed by atoms with Crippen LogP contribution >= 0.6 is 95.6 Å². The van der Waals surface area contributed by atoms with Gasteiger partial charge in [0.05, 0.1) is 133 Å². The summed E-state index contributed by atoms with van der Waals surface area (Å²) in [7, 11) is -0.952. The summed E-state index contributed by atoms with van der Waals surface area (Å²) in [6.07, 6.45) is 0. The summed E-state index contributed by atoms with van der Waals surface area (Å²) < 4.78 is 47.8. The number of fused-ring (bicyclic) bond motifs is 32. The van der Waals surface area contributed by atoms with Crippen LogP contribution in [-0.4, -0.2) is 112 Å². The fourth-order valence-electron chi connectivity index (χ4n) is 20.6. The van der Waals surface area contributed by atoms with E-state index in [1.54, 1.807) is 0 Å². The van der Waals surface area contributed by atoms with Gasteiger partial charge in [-0.25, -0.2) is 39.9 Å². The summed E-state index contributed by atoms with van der Waals surface area (Å²) in [5, 5.41) is 13.7. The summed E-state index contributed by atoms with van der Waals surface area (Å²) in [4.78, 5) is 40.7. The number of benzene rings is 16. The first kappa shape index (κ1) is 90.2. The maximum atomic E-state index is 5.96. The smallest absolute Gasteiger partial charge is 0.405 e. The van der Waals surface area contributed by atoms with Gasteiger partial charge in [-0.15, -0.1) is 0 Å². The lowest BCUT2D eigenvalue weighted by Crippen LogP contribution is -2.41. The lowest BCUT2D eigenvalue weighted by atomic mass is 9.49. The zero-order valence-corrected chi connectivity index (χ0v) is 88.2. The number of aromatic nitrogens is 16. The van der Waals surface area contributed by atoms with Crippen molar-refractivity contribution in [1.29, 1.82) is 0 Å². The summed E-state index contributed by atoms with van der Waals surface area (Å²) in [6, 6.07) is 121. The molecule has 20 nitrogen and oxygen atoms in total. The van der Waals surface area contributed by atoms with Gasteiger partial charge in [-0.2, -0.15) is 0 Å². The summed E-state index contributed by atoms with van der Waals surface area (Å²) in [6.45, 7) is 16.2. The molecule has 0 N–H and O–H groups in total. The van der Waals surface area contributed by atoms with Gasteiger partial charge < -0.3 is 18.6 Å². The fraction of sp³-hybridized carbons (Fsp3) is 0.103. The first-order chi connectivity index (χ1) is 69.8. The standard InChI is InChI=1S/2C26H14Br2N4.2C26H15BrN4.C12H24B2O4/c27-15-9-11-17-18-12-10-16(28)14-24(18)31(23(17)13-15)26-30-20-6-2-1-5-19(20)25-29-21-7-3-4-8-22(21)32(25)26;27-15-9-11-22-18(13-15)19-14-16(28)10-12-23(19)31(22)26-30-20-6-2-1-5-17(20)25-29-21-7-3-4-8-24(21)32(25)26;27-16-13-14-18-17-7-2-5-11-22(17)30(24(18)15-16)26-29-20-9-3-1-8-19(20)25-28-21-10-4-6-12-23(21)31(25)26;27-16-13-14-23-19(15-16)17-7-2-5-11-22(17)30(23)26-29-20-9-3-1-8-18(20)25-28-21-10-4-6-12-24(21)31(25)26;1-9(2)10(3,4)16-13(15-9)14-17-11(5,6)12(7,8)18-14/h2*1-14H;2*1-15H;1-8H3. The molecule has 0 radical (unpaired) electrons. The van der Waals surface area contributed by atoms with Crippen LogP contribution in [0.15, 0.2) is 379 Å². The van der Waals surface area contributed by atoms with Crippen molar-refractivity contribution in [3.8, 4) is 23.8 Å². The number of nitrogens with zero attached hydrogens (tertiary/aromatic N) is 16. The SMILES string of the molecule is Brc1ccc2c(c1)c1cc(Br)ccc1n2-c1nc2ccccc2c2nc3ccccc3n12.Brc1ccc2c(c1)c1ccccc1n2-c1nc2ccccc2c2nc3ccccc3n12.Brc1ccc2c3ccc(Br)cc3n(-c3nc4ccccc4c4nc5ccccc5n34)c2c1.Brc1ccc2c3ccccc3n(-c3nc4ccccc4c4nc5ccccc5n34)c2c1.CC1(C)OB(B2OC(C)(C)C(C)(C)O2)OC1(C)C. The molecule has 0 amide bonds. The fourth-order valence-corrected chi connectivity index (χ4v) is 22.7. The summed E-state index contributed by atoms with van der Waals surface area (Å²) in [5.74, 6) is 3.34. The van der Waals surface area contributed by atoms with Gasteiger partial charge >= 0.3 is 14.0 Å². The van der Waals surface area contributed by atoms with Gasteiger partial charge in [0.1, 0.15) is 22.6 Å². The second kappa shape index (κ2) is 34.4. The lowest BCUT2D eigenvalue weighted by Gasteiger charge is -2.32. The highest BCUT2D eigenvalue weighted by atomic mass is 79.9. The Morgan fingerprint density at radius 1 is 0.181 bits per heavy atom. The van der Waals surface area contributed by atoms with E-state index in [4.69, 9.17) is 58.5 Å². The molecule has 2 aliphatic heterocycles. The molecule has 2 saturated heterocycles. The number of rotatable bonds is 5. The Bertz CT molecular complexity index is 10100. The molecule has 16 aromatic carbocycles. The van der Waals surface area contributed by atoms with Crippen molar-refractivity contribution >= 4 is 307 Å². The average molecular weight is 2270 g/mol. The van der Waals surface area contributed by atoms with Crippen molar-refractivity contribution in [2.45, 2.75) is 77.8 Å². The molecule has 0 atom stereocenters. The van der Waals surface area contributed by atoms with Crippen molar-refractivity contribution in [1.82, 2.24) is 75.7 Å². The topological polar surface area (TPSA) is 177 Å². The second-order valence-corrected chi connectivity index (χ2v) is 43.8. The van der Waals surface area contributed by atoms with E-state index in [1.807, 2.05) is 128 Å². The van der Waals surface area contributed by atoms with E-state index in [0.29, 0.717) is 0 Å². The third-order valence-corrected chi connectivity index (χ3v) is 31.7. The molecule has 0 unspecified atom stereocenters. The molecule has 28 heteroatoms. The predicted molar refractivity (Wildman–Crippen MR) is 608 cm³/mol. The first-order valence-corrected chi connectivity index (χ1v) is 52.1. The lowest BCUT2D eigenvalue weighted by molar-refractivity contribution is 0.00578.